The Bertz CT molecular complexity index is 898. The minimum atomic E-state index is -0.913. The van der Waals surface area contributed by atoms with Crippen molar-refractivity contribution in [1.82, 2.24) is 10.3 Å². The van der Waals surface area contributed by atoms with Crippen LogP contribution < -0.4 is 10.1 Å². The molecule has 35 heavy (non-hydrogen) atoms. The van der Waals surface area contributed by atoms with Crippen LogP contribution in [-0.2, 0) is 19.1 Å². The third kappa shape index (κ3) is 6.86. The third-order valence-corrected chi connectivity index (χ3v) is 7.04. The molecule has 3 rings (SSSR count). The monoisotopic (exact) mass is 490 g/mol. The van der Waals surface area contributed by atoms with Gasteiger partial charge >= 0.3 is 11.9 Å². The molecule has 9 nitrogen and oxygen atoms in total. The number of hydrogen-bond donors (Lipinski definition) is 2. The molecular formula is C26H38N2O7. The number of nitrogens with one attached hydrogen (secondary N) is 1. The molecule has 0 bridgehead atoms. The number of methoxy groups -OCH3 is 1. The maximum atomic E-state index is 13.0. The van der Waals surface area contributed by atoms with Crippen LogP contribution >= 0.6 is 0 Å². The van der Waals surface area contributed by atoms with Gasteiger partial charge in [0.05, 0.1) is 13.0 Å². The van der Waals surface area contributed by atoms with Crippen molar-refractivity contribution >= 4 is 17.8 Å². The highest BCUT2D eigenvalue weighted by Crippen LogP contribution is 2.36. The van der Waals surface area contributed by atoms with Crippen molar-refractivity contribution in [1.29, 1.82) is 0 Å². The Morgan fingerprint density at radius 3 is 2.57 bits per heavy atom. The molecule has 1 aliphatic carbocycles. The molecule has 1 saturated carbocycles. The molecule has 0 aromatic carbocycles. The number of nitrogens with zero attached hydrogens (tertiary/aromatic N) is 1. The van der Waals surface area contributed by atoms with Gasteiger partial charge in [-0.05, 0) is 38.0 Å². The number of ether oxygens (including phenoxy) is 3. The average molecular weight is 491 g/mol. The lowest BCUT2D eigenvalue weighted by Gasteiger charge is -2.32. The van der Waals surface area contributed by atoms with E-state index in [1.807, 2.05) is 0 Å². The average Bonchev–Trinajstić information content (AvgIpc) is 3.34. The predicted octanol–water partition coefficient (Wildman–Crippen LogP) is 3.77. The molecule has 2 fully saturated rings. The molecule has 0 radical (unpaired) electrons. The summed E-state index contributed by atoms with van der Waals surface area (Å²) in [5, 5.41) is 12.9. The number of amides is 1. The van der Waals surface area contributed by atoms with Crippen LogP contribution in [0.15, 0.2) is 12.3 Å². The second-order valence-electron chi connectivity index (χ2n) is 10.0. The molecule has 194 valence electrons. The van der Waals surface area contributed by atoms with E-state index in [9.17, 15) is 19.5 Å². The standard InChI is InChI=1S/C26H38N2O7/c1-15(2)25(31)35-23-16(3)34-26(32)19(11-7-10-18(23)14-17-8-5-6-9-17)28-24(30)21-22(29)20(33-4)12-13-27-21/h12-13,15-19,23,29H,5-11,14H2,1-4H3,(H,28,30). The van der Waals surface area contributed by atoms with Crippen LogP contribution in [0.1, 0.15) is 82.6 Å². The van der Waals surface area contributed by atoms with Crippen molar-refractivity contribution in [3.8, 4) is 11.5 Å². The normalized spacial score (nSPS) is 25.8. The van der Waals surface area contributed by atoms with Gasteiger partial charge < -0.3 is 24.6 Å². The first-order valence-electron chi connectivity index (χ1n) is 12.6. The SMILES string of the molecule is COc1ccnc(C(=O)NC2CCCC(CC3CCCC3)C(OC(=O)C(C)C)C(C)OC2=O)c1O. The second kappa shape index (κ2) is 12.2. The van der Waals surface area contributed by atoms with Gasteiger partial charge in [0.25, 0.3) is 5.91 Å². The third-order valence-electron chi connectivity index (χ3n) is 7.04. The molecule has 2 aliphatic rings. The van der Waals surface area contributed by atoms with Crippen molar-refractivity contribution < 1.29 is 33.7 Å². The summed E-state index contributed by atoms with van der Waals surface area (Å²) < 4.78 is 16.7. The second-order valence-corrected chi connectivity index (χ2v) is 10.0. The fourth-order valence-corrected chi connectivity index (χ4v) is 5.10. The molecule has 4 unspecified atom stereocenters. The van der Waals surface area contributed by atoms with Crippen LogP contribution in [0, 0.1) is 17.8 Å². The van der Waals surface area contributed by atoms with Crippen molar-refractivity contribution in [2.45, 2.75) is 90.4 Å². The fraction of sp³-hybridized carbons (Fsp3) is 0.692. The van der Waals surface area contributed by atoms with Crippen molar-refractivity contribution in [2.24, 2.45) is 17.8 Å². The van der Waals surface area contributed by atoms with Crippen LogP contribution in [0.25, 0.3) is 0 Å². The fourth-order valence-electron chi connectivity index (χ4n) is 5.10. The first-order chi connectivity index (χ1) is 16.7. The molecule has 0 spiro atoms. The van der Waals surface area contributed by atoms with Gasteiger partial charge in [-0.15, -0.1) is 0 Å². The number of hydrogen-bond acceptors (Lipinski definition) is 8. The van der Waals surface area contributed by atoms with Crippen LogP contribution in [0.5, 0.6) is 11.5 Å². The highest BCUT2D eigenvalue weighted by atomic mass is 16.6. The summed E-state index contributed by atoms with van der Waals surface area (Å²) in [6.45, 7) is 5.32. The zero-order valence-corrected chi connectivity index (χ0v) is 21.1. The van der Waals surface area contributed by atoms with Gasteiger partial charge in [0.15, 0.2) is 17.2 Å². The van der Waals surface area contributed by atoms with Gasteiger partial charge in [-0.1, -0.05) is 46.0 Å². The molecule has 1 saturated heterocycles. The lowest BCUT2D eigenvalue weighted by molar-refractivity contribution is -0.174. The number of carbonyl (C=O) groups excluding carboxylic acids is 3. The Balaban J connectivity index is 1.77. The Kier molecular flexibility index (Phi) is 9.34. The van der Waals surface area contributed by atoms with E-state index in [2.05, 4.69) is 10.3 Å². The summed E-state index contributed by atoms with van der Waals surface area (Å²) in [4.78, 5) is 42.3. The first kappa shape index (κ1) is 26.8. The summed E-state index contributed by atoms with van der Waals surface area (Å²) in [7, 11) is 1.37. The van der Waals surface area contributed by atoms with E-state index < -0.39 is 35.9 Å². The summed E-state index contributed by atoms with van der Waals surface area (Å²) in [5.41, 5.74) is -0.229. The van der Waals surface area contributed by atoms with Gasteiger partial charge in [-0.2, -0.15) is 0 Å². The van der Waals surface area contributed by atoms with E-state index in [1.54, 1.807) is 20.8 Å². The first-order valence-corrected chi connectivity index (χ1v) is 12.6. The summed E-state index contributed by atoms with van der Waals surface area (Å²) in [5.74, 6) is -1.51. The highest BCUT2D eigenvalue weighted by Gasteiger charge is 2.38. The van der Waals surface area contributed by atoms with Gasteiger partial charge in [0.2, 0.25) is 0 Å². The predicted molar refractivity (Wildman–Crippen MR) is 128 cm³/mol. The lowest BCUT2D eigenvalue weighted by atomic mass is 9.83. The van der Waals surface area contributed by atoms with E-state index in [4.69, 9.17) is 14.2 Å². The van der Waals surface area contributed by atoms with Crippen LogP contribution in [0.3, 0.4) is 0 Å². The Labute approximate surface area is 206 Å². The van der Waals surface area contributed by atoms with Gasteiger partial charge in [-0.3, -0.25) is 9.59 Å². The number of aromatic hydroxyl groups is 1. The number of rotatable bonds is 7. The smallest absolute Gasteiger partial charge is 0.329 e. The molecule has 2 N–H and O–H groups in total. The van der Waals surface area contributed by atoms with Gasteiger partial charge in [0, 0.05) is 12.3 Å². The summed E-state index contributed by atoms with van der Waals surface area (Å²) in [6.07, 6.45) is 7.64. The van der Waals surface area contributed by atoms with E-state index in [-0.39, 0.29) is 29.2 Å². The molecule has 1 aliphatic heterocycles. The van der Waals surface area contributed by atoms with Crippen LogP contribution in [-0.4, -0.2) is 53.3 Å². The number of aromatic nitrogens is 1. The number of pyridine rings is 1. The van der Waals surface area contributed by atoms with Gasteiger partial charge in [0.1, 0.15) is 18.2 Å². The largest absolute Gasteiger partial charge is 0.503 e. The minimum absolute atomic E-state index is 0.0714. The van der Waals surface area contributed by atoms with Crippen molar-refractivity contribution in [2.75, 3.05) is 7.11 Å². The Morgan fingerprint density at radius 2 is 1.91 bits per heavy atom. The van der Waals surface area contributed by atoms with Crippen LogP contribution in [0.4, 0.5) is 0 Å². The summed E-state index contributed by atoms with van der Waals surface area (Å²) >= 11 is 0. The number of carbonyl (C=O) groups is 3. The quantitative estimate of drug-likeness (QED) is 0.554. The molecule has 9 heteroatoms. The van der Waals surface area contributed by atoms with Gasteiger partial charge in [-0.25, -0.2) is 9.78 Å². The molecular weight excluding hydrogens is 452 g/mol. The van der Waals surface area contributed by atoms with E-state index >= 15 is 0 Å². The zero-order valence-electron chi connectivity index (χ0n) is 21.1. The summed E-state index contributed by atoms with van der Waals surface area (Å²) in [6, 6.07) is 0.523. The maximum absolute atomic E-state index is 13.0. The molecule has 1 amide bonds. The van der Waals surface area contributed by atoms with E-state index in [0.29, 0.717) is 18.8 Å². The van der Waals surface area contributed by atoms with Crippen molar-refractivity contribution in [3.05, 3.63) is 18.0 Å². The lowest BCUT2D eigenvalue weighted by Crippen LogP contribution is -2.45. The zero-order chi connectivity index (χ0) is 25.5. The minimum Gasteiger partial charge on any atom is -0.503 e. The van der Waals surface area contributed by atoms with Crippen molar-refractivity contribution in [3.63, 3.8) is 0 Å². The van der Waals surface area contributed by atoms with E-state index in [0.717, 1.165) is 12.8 Å². The highest BCUT2D eigenvalue weighted by molar-refractivity contribution is 5.97. The number of esters is 2. The van der Waals surface area contributed by atoms with E-state index in [1.165, 1.54) is 45.1 Å². The number of cyclic esters (lactones) is 1. The van der Waals surface area contributed by atoms with Crippen LogP contribution in [0.2, 0.25) is 0 Å². The molecule has 2 heterocycles. The molecule has 1 aromatic heterocycles. The molecule has 1 aromatic rings. The Hall–Kier alpha value is -2.84. The Morgan fingerprint density at radius 1 is 1.20 bits per heavy atom. The maximum Gasteiger partial charge on any atom is 0.329 e. The topological polar surface area (TPSA) is 124 Å². The molecule has 4 atom stereocenters.